The molecule has 0 saturated heterocycles. The lowest BCUT2D eigenvalue weighted by molar-refractivity contribution is -0.134. The van der Waals surface area contributed by atoms with Crippen LogP contribution in [0.4, 0.5) is 5.69 Å². The number of benzene rings is 1. The highest BCUT2D eigenvalue weighted by Crippen LogP contribution is 2.22. The number of amides is 1. The van der Waals surface area contributed by atoms with Crippen molar-refractivity contribution in [3.05, 3.63) is 29.8 Å². The Morgan fingerprint density at radius 3 is 2.55 bits per heavy atom. The fraction of sp³-hybridized carbons (Fsp3) is 0.588. The predicted octanol–water partition coefficient (Wildman–Crippen LogP) is 3.80. The van der Waals surface area contributed by atoms with Crippen molar-refractivity contribution in [1.29, 1.82) is 0 Å². The number of anilines is 1. The van der Waals surface area contributed by atoms with Crippen molar-refractivity contribution < 1.29 is 4.79 Å². The molecule has 1 aromatic rings. The first-order valence-corrected chi connectivity index (χ1v) is 7.67. The largest absolute Gasteiger partial charge is 0.399 e. The number of nitrogens with zero attached hydrogens (tertiary/aromatic N) is 1. The molecule has 112 valence electrons. The first kappa shape index (κ1) is 16.5. The number of carbonyl (C=O) groups excluding carboxylic acids is 1. The number of unbranched alkanes of at least 4 members (excludes halogenated alkanes) is 1. The third-order valence-electron chi connectivity index (χ3n) is 3.94. The van der Waals surface area contributed by atoms with E-state index in [0.717, 1.165) is 31.4 Å². The Morgan fingerprint density at radius 1 is 1.30 bits per heavy atom. The molecule has 2 unspecified atom stereocenters. The summed E-state index contributed by atoms with van der Waals surface area (Å²) in [4.78, 5) is 14.8. The summed E-state index contributed by atoms with van der Waals surface area (Å²) in [6, 6.07) is 7.93. The normalized spacial score (nSPS) is 13.8. The molecule has 3 heteroatoms. The molecule has 0 fully saturated rings. The van der Waals surface area contributed by atoms with Gasteiger partial charge in [-0.05, 0) is 44.4 Å². The zero-order valence-corrected chi connectivity index (χ0v) is 13.2. The molecular formula is C17H28N2O. The summed E-state index contributed by atoms with van der Waals surface area (Å²) in [5, 5.41) is 0. The van der Waals surface area contributed by atoms with Crippen LogP contribution in [0.5, 0.6) is 0 Å². The molecule has 0 heterocycles. The highest BCUT2D eigenvalue weighted by Gasteiger charge is 2.24. The van der Waals surface area contributed by atoms with E-state index in [4.69, 9.17) is 5.73 Å². The van der Waals surface area contributed by atoms with Gasteiger partial charge in [-0.2, -0.15) is 0 Å². The molecule has 0 aliphatic rings. The van der Waals surface area contributed by atoms with E-state index >= 15 is 0 Å². The summed E-state index contributed by atoms with van der Waals surface area (Å²) in [5.41, 5.74) is 7.53. The summed E-state index contributed by atoms with van der Waals surface area (Å²) in [6.45, 7) is 9.22. The van der Waals surface area contributed by atoms with Gasteiger partial charge in [-0.15, -0.1) is 0 Å². The molecule has 1 rings (SSSR count). The molecule has 0 bridgehead atoms. The van der Waals surface area contributed by atoms with Crippen LogP contribution in [0.3, 0.4) is 0 Å². The summed E-state index contributed by atoms with van der Waals surface area (Å²) in [6.07, 6.45) is 3.14. The quantitative estimate of drug-likeness (QED) is 0.770. The summed E-state index contributed by atoms with van der Waals surface area (Å²) in [5.74, 6) is 0.0720. The molecule has 0 spiro atoms. The van der Waals surface area contributed by atoms with Crippen molar-refractivity contribution in [3.8, 4) is 0 Å². The van der Waals surface area contributed by atoms with Crippen LogP contribution < -0.4 is 5.73 Å². The van der Waals surface area contributed by atoms with E-state index in [1.165, 1.54) is 0 Å². The SMILES string of the molecule is CCCCN(C(=O)C(C)c1cccc(N)c1)C(C)CC. The van der Waals surface area contributed by atoms with Gasteiger partial charge in [-0.25, -0.2) is 0 Å². The highest BCUT2D eigenvalue weighted by molar-refractivity contribution is 5.83. The van der Waals surface area contributed by atoms with Crippen LogP contribution in [0.1, 0.15) is 58.4 Å². The Bertz CT molecular complexity index is 431. The Labute approximate surface area is 123 Å². The van der Waals surface area contributed by atoms with E-state index in [1.54, 1.807) is 0 Å². The summed E-state index contributed by atoms with van der Waals surface area (Å²) >= 11 is 0. The van der Waals surface area contributed by atoms with E-state index in [1.807, 2.05) is 36.1 Å². The minimum atomic E-state index is -0.135. The van der Waals surface area contributed by atoms with Crippen LogP contribution in [-0.2, 0) is 4.79 Å². The lowest BCUT2D eigenvalue weighted by Gasteiger charge is -2.31. The lowest BCUT2D eigenvalue weighted by atomic mass is 9.98. The second kappa shape index (κ2) is 7.93. The van der Waals surface area contributed by atoms with Gasteiger partial charge in [-0.3, -0.25) is 4.79 Å². The third-order valence-corrected chi connectivity index (χ3v) is 3.94. The molecule has 0 saturated carbocycles. The Morgan fingerprint density at radius 2 is 2.00 bits per heavy atom. The number of nitrogens with two attached hydrogens (primary N) is 1. The molecule has 2 N–H and O–H groups in total. The smallest absolute Gasteiger partial charge is 0.230 e. The maximum absolute atomic E-state index is 12.7. The number of hydrogen-bond donors (Lipinski definition) is 1. The number of nitrogen functional groups attached to an aromatic ring is 1. The predicted molar refractivity (Wildman–Crippen MR) is 85.6 cm³/mol. The molecule has 1 aromatic carbocycles. The third kappa shape index (κ3) is 4.26. The molecule has 20 heavy (non-hydrogen) atoms. The molecule has 0 aromatic heterocycles. The second-order valence-electron chi connectivity index (χ2n) is 5.53. The van der Waals surface area contributed by atoms with Crippen molar-refractivity contribution >= 4 is 11.6 Å². The van der Waals surface area contributed by atoms with E-state index in [-0.39, 0.29) is 17.9 Å². The van der Waals surface area contributed by atoms with Crippen molar-refractivity contribution in [1.82, 2.24) is 4.90 Å². The summed E-state index contributed by atoms with van der Waals surface area (Å²) in [7, 11) is 0. The standard InChI is InChI=1S/C17H28N2O/c1-5-7-11-19(13(3)6-2)17(20)14(4)15-9-8-10-16(18)12-15/h8-10,12-14H,5-7,11,18H2,1-4H3. The van der Waals surface area contributed by atoms with Gasteiger partial charge >= 0.3 is 0 Å². The molecule has 1 amide bonds. The number of rotatable bonds is 7. The van der Waals surface area contributed by atoms with Crippen molar-refractivity contribution in [2.45, 2.75) is 58.9 Å². The van der Waals surface area contributed by atoms with Gasteiger partial charge in [0, 0.05) is 18.3 Å². The number of hydrogen-bond acceptors (Lipinski definition) is 2. The first-order valence-electron chi connectivity index (χ1n) is 7.67. The van der Waals surface area contributed by atoms with Gasteiger partial charge in [0.15, 0.2) is 0 Å². The molecule has 0 radical (unpaired) electrons. The van der Waals surface area contributed by atoms with E-state index in [0.29, 0.717) is 5.69 Å². The van der Waals surface area contributed by atoms with Crippen LogP contribution in [0, 0.1) is 0 Å². The van der Waals surface area contributed by atoms with Gasteiger partial charge in [0.2, 0.25) is 5.91 Å². The maximum atomic E-state index is 12.7. The molecule has 0 aliphatic carbocycles. The van der Waals surface area contributed by atoms with E-state index < -0.39 is 0 Å². The van der Waals surface area contributed by atoms with Gasteiger partial charge in [-0.1, -0.05) is 32.4 Å². The minimum absolute atomic E-state index is 0.135. The fourth-order valence-electron chi connectivity index (χ4n) is 2.32. The fourth-order valence-corrected chi connectivity index (χ4v) is 2.32. The first-order chi connectivity index (χ1) is 9.51. The van der Waals surface area contributed by atoms with Crippen LogP contribution in [0.25, 0.3) is 0 Å². The second-order valence-corrected chi connectivity index (χ2v) is 5.53. The maximum Gasteiger partial charge on any atom is 0.230 e. The van der Waals surface area contributed by atoms with Crippen molar-refractivity contribution in [3.63, 3.8) is 0 Å². The monoisotopic (exact) mass is 276 g/mol. The van der Waals surface area contributed by atoms with Crippen molar-refractivity contribution in [2.24, 2.45) is 0 Å². The average Bonchev–Trinajstić information content (AvgIpc) is 2.46. The molecule has 0 aliphatic heterocycles. The van der Waals surface area contributed by atoms with E-state index in [2.05, 4.69) is 20.8 Å². The zero-order valence-electron chi connectivity index (χ0n) is 13.2. The number of carbonyl (C=O) groups is 1. The molecular weight excluding hydrogens is 248 g/mol. The van der Waals surface area contributed by atoms with Gasteiger partial charge in [0.25, 0.3) is 0 Å². The van der Waals surface area contributed by atoms with E-state index in [9.17, 15) is 4.79 Å². The molecule has 2 atom stereocenters. The van der Waals surface area contributed by atoms with Crippen LogP contribution in [0.15, 0.2) is 24.3 Å². The van der Waals surface area contributed by atoms with Gasteiger partial charge < -0.3 is 10.6 Å². The highest BCUT2D eigenvalue weighted by atomic mass is 16.2. The van der Waals surface area contributed by atoms with Crippen LogP contribution in [0.2, 0.25) is 0 Å². The summed E-state index contributed by atoms with van der Waals surface area (Å²) < 4.78 is 0. The minimum Gasteiger partial charge on any atom is -0.399 e. The topological polar surface area (TPSA) is 46.3 Å². The van der Waals surface area contributed by atoms with Gasteiger partial charge in [0.1, 0.15) is 0 Å². The zero-order chi connectivity index (χ0) is 15.1. The lowest BCUT2D eigenvalue weighted by Crippen LogP contribution is -2.41. The van der Waals surface area contributed by atoms with Crippen LogP contribution in [-0.4, -0.2) is 23.4 Å². The van der Waals surface area contributed by atoms with Gasteiger partial charge in [0.05, 0.1) is 5.92 Å². The van der Waals surface area contributed by atoms with Crippen molar-refractivity contribution in [2.75, 3.05) is 12.3 Å². The Balaban J connectivity index is 2.87. The Kier molecular flexibility index (Phi) is 6.56. The van der Waals surface area contributed by atoms with Crippen LogP contribution >= 0.6 is 0 Å². The Hall–Kier alpha value is -1.51. The average molecular weight is 276 g/mol. The molecule has 3 nitrogen and oxygen atoms in total.